The molecule has 0 aliphatic carbocycles. The number of hydrogen-bond donors (Lipinski definition) is 0. The Morgan fingerprint density at radius 2 is 1.23 bits per heavy atom. The van der Waals surface area contributed by atoms with Crippen LogP contribution in [0.1, 0.15) is 58.2 Å². The molecule has 0 saturated heterocycles. The van der Waals surface area contributed by atoms with E-state index in [1.165, 1.54) is 16.7 Å². The Hall–Kier alpha value is -1.74. The predicted molar refractivity (Wildman–Crippen MR) is 138 cm³/mol. The van der Waals surface area contributed by atoms with Crippen molar-refractivity contribution in [2.24, 2.45) is 0 Å². The molecule has 0 aromatic heterocycles. The van der Waals surface area contributed by atoms with Crippen LogP contribution < -0.4 is 12.4 Å². The van der Waals surface area contributed by atoms with E-state index in [9.17, 15) is 0 Å². The SMILES string of the molecule is CN(C)Cc1cc(C(C)(C)C)cc(C(C)(C)C)[c]1[Ga]1[c]2ccccc2-c2cccc[c]21. The van der Waals surface area contributed by atoms with Crippen molar-refractivity contribution in [2.75, 3.05) is 14.1 Å². The fourth-order valence-electron chi connectivity index (χ4n) is 5.05. The van der Waals surface area contributed by atoms with E-state index in [1.54, 1.807) is 23.5 Å². The van der Waals surface area contributed by atoms with Crippen molar-refractivity contribution in [2.45, 2.75) is 58.9 Å². The second kappa shape index (κ2) is 7.99. The van der Waals surface area contributed by atoms with Gasteiger partial charge in [0, 0.05) is 0 Å². The minimum absolute atomic E-state index is 0.107. The molecule has 1 aliphatic heterocycles. The molecule has 0 atom stereocenters. The molecule has 0 N–H and O–H groups in total. The molecule has 0 spiro atoms. The predicted octanol–water partition coefficient (Wildman–Crippen LogP) is 4.84. The summed E-state index contributed by atoms with van der Waals surface area (Å²) in [6, 6.07) is 23.5. The molecule has 0 amide bonds. The molecule has 3 aromatic rings. The molecule has 0 fully saturated rings. The molecule has 2 heteroatoms. The van der Waals surface area contributed by atoms with Crippen LogP contribution in [-0.4, -0.2) is 35.2 Å². The topological polar surface area (TPSA) is 3.24 Å². The van der Waals surface area contributed by atoms with E-state index >= 15 is 0 Å². The molecule has 4 rings (SSSR count). The van der Waals surface area contributed by atoms with E-state index in [4.69, 9.17) is 0 Å². The fraction of sp³-hybridized carbons (Fsp3) is 0.379. The van der Waals surface area contributed by atoms with Gasteiger partial charge in [-0.05, 0) is 0 Å². The fourth-order valence-corrected chi connectivity index (χ4v) is 13.6. The van der Waals surface area contributed by atoms with Gasteiger partial charge in [-0.2, -0.15) is 0 Å². The van der Waals surface area contributed by atoms with Gasteiger partial charge in [-0.1, -0.05) is 0 Å². The average molecular weight is 468 g/mol. The monoisotopic (exact) mass is 467 g/mol. The Morgan fingerprint density at radius 3 is 1.68 bits per heavy atom. The number of hydrogen-bond acceptors (Lipinski definition) is 1. The van der Waals surface area contributed by atoms with Crippen molar-refractivity contribution < 1.29 is 0 Å². The first-order chi connectivity index (χ1) is 14.5. The van der Waals surface area contributed by atoms with E-state index < -0.39 is 16.2 Å². The average Bonchev–Trinajstić information content (AvgIpc) is 3.00. The molecule has 0 unspecified atom stereocenters. The molecule has 160 valence electrons. The Bertz CT molecular complexity index is 1070. The van der Waals surface area contributed by atoms with Crippen molar-refractivity contribution >= 4 is 28.6 Å². The summed E-state index contributed by atoms with van der Waals surface area (Å²) in [5, 5.41) is 0. The van der Waals surface area contributed by atoms with Crippen molar-refractivity contribution in [3.8, 4) is 11.1 Å². The molecule has 31 heavy (non-hydrogen) atoms. The molecule has 0 radical (unpaired) electrons. The van der Waals surface area contributed by atoms with Crippen molar-refractivity contribution in [1.82, 2.24) is 4.90 Å². The minimum atomic E-state index is -2.22. The van der Waals surface area contributed by atoms with Crippen LogP contribution in [0.4, 0.5) is 0 Å². The zero-order valence-corrected chi connectivity index (χ0v) is 22.9. The van der Waals surface area contributed by atoms with Gasteiger partial charge in [-0.3, -0.25) is 0 Å². The van der Waals surface area contributed by atoms with E-state index in [0.29, 0.717) is 0 Å². The van der Waals surface area contributed by atoms with Gasteiger partial charge >= 0.3 is 195 Å². The standard InChI is InChI=1S/C17H28N.C12H8.Ga/c1-16(2,3)14-9-13(12-18(7)8)10-15(11-14)17(4,5)6;1-3-7-11(8-4-1)12-9-5-2-6-10-12;/h9,11H,12H2,1-8H3;1-7,9H;. The van der Waals surface area contributed by atoms with Crippen LogP contribution in [0.15, 0.2) is 60.7 Å². The van der Waals surface area contributed by atoms with Gasteiger partial charge in [0.15, 0.2) is 0 Å². The van der Waals surface area contributed by atoms with Crippen LogP contribution in [-0.2, 0) is 17.4 Å². The normalized spacial score (nSPS) is 13.5. The summed E-state index contributed by atoms with van der Waals surface area (Å²) in [6.45, 7) is 15.2. The summed E-state index contributed by atoms with van der Waals surface area (Å²) in [5.74, 6) is 0. The zero-order chi connectivity index (χ0) is 22.6. The maximum atomic E-state index is 2.54. The quantitative estimate of drug-likeness (QED) is 0.389. The maximum absolute atomic E-state index is 2.54. The van der Waals surface area contributed by atoms with Gasteiger partial charge in [0.05, 0.1) is 0 Å². The summed E-state index contributed by atoms with van der Waals surface area (Å²) in [7, 11) is 4.40. The molecular weight excluding hydrogens is 432 g/mol. The summed E-state index contributed by atoms with van der Waals surface area (Å²) in [5.41, 5.74) is 7.75. The molecule has 0 bridgehead atoms. The van der Waals surface area contributed by atoms with Crippen molar-refractivity contribution in [3.05, 3.63) is 77.4 Å². The summed E-state index contributed by atoms with van der Waals surface area (Å²) in [6.07, 6.45) is 0. The zero-order valence-electron chi connectivity index (χ0n) is 20.5. The number of nitrogens with zero attached hydrogens (tertiary/aromatic N) is 1. The van der Waals surface area contributed by atoms with E-state index in [-0.39, 0.29) is 10.8 Å². The van der Waals surface area contributed by atoms with Crippen LogP contribution in [0, 0.1) is 0 Å². The molecule has 3 aromatic carbocycles. The van der Waals surface area contributed by atoms with Crippen LogP contribution in [0.3, 0.4) is 0 Å². The second-order valence-corrected chi connectivity index (χ2v) is 17.1. The third-order valence-corrected chi connectivity index (χ3v) is 13.9. The Balaban J connectivity index is 2.09. The first-order valence-electron chi connectivity index (χ1n) is 11.5. The Kier molecular flexibility index (Phi) is 5.79. The van der Waals surface area contributed by atoms with Crippen LogP contribution in [0.25, 0.3) is 11.1 Å². The van der Waals surface area contributed by atoms with Crippen molar-refractivity contribution in [3.63, 3.8) is 0 Å². The summed E-state index contributed by atoms with van der Waals surface area (Å²) < 4.78 is 4.95. The third kappa shape index (κ3) is 4.18. The summed E-state index contributed by atoms with van der Waals surface area (Å²) in [4.78, 5) is 2.34. The van der Waals surface area contributed by atoms with Crippen LogP contribution in [0.5, 0.6) is 0 Å². The van der Waals surface area contributed by atoms with Crippen molar-refractivity contribution in [1.29, 1.82) is 0 Å². The first-order valence-corrected chi connectivity index (χ1v) is 15.1. The molecule has 1 nitrogen and oxygen atoms in total. The molecule has 0 saturated carbocycles. The molecule has 1 aliphatic rings. The van der Waals surface area contributed by atoms with Gasteiger partial charge in [-0.15, -0.1) is 0 Å². The third-order valence-electron chi connectivity index (χ3n) is 6.55. The van der Waals surface area contributed by atoms with Gasteiger partial charge in [-0.25, -0.2) is 0 Å². The second-order valence-electron chi connectivity index (χ2n) is 11.4. The Morgan fingerprint density at radius 1 is 0.710 bits per heavy atom. The number of fused-ring (bicyclic) bond motifs is 3. The van der Waals surface area contributed by atoms with Gasteiger partial charge in [0.1, 0.15) is 0 Å². The molecule has 1 heterocycles. The van der Waals surface area contributed by atoms with Gasteiger partial charge in [0.25, 0.3) is 0 Å². The first kappa shape index (κ1) is 22.5. The number of rotatable bonds is 3. The van der Waals surface area contributed by atoms with Crippen LogP contribution >= 0.6 is 0 Å². The summed E-state index contributed by atoms with van der Waals surface area (Å²) >= 11 is -2.22. The van der Waals surface area contributed by atoms with E-state index in [2.05, 4.69) is 121 Å². The Labute approximate surface area is 194 Å². The molecular formula is C29H36GaN. The van der Waals surface area contributed by atoms with E-state index in [0.717, 1.165) is 6.54 Å². The van der Waals surface area contributed by atoms with Gasteiger partial charge < -0.3 is 0 Å². The van der Waals surface area contributed by atoms with Crippen LogP contribution in [0.2, 0.25) is 0 Å². The van der Waals surface area contributed by atoms with Gasteiger partial charge in [0.2, 0.25) is 0 Å². The number of benzene rings is 3. The van der Waals surface area contributed by atoms with E-state index in [1.807, 2.05) is 0 Å².